The lowest BCUT2D eigenvalue weighted by atomic mass is 10.0. The molecule has 0 bridgehead atoms. The molecule has 0 aromatic heterocycles. The second-order valence-corrected chi connectivity index (χ2v) is 8.21. The zero-order chi connectivity index (χ0) is 20.3. The fourth-order valence-corrected chi connectivity index (χ4v) is 3.73. The zero-order valence-electron chi connectivity index (χ0n) is 18.6. The number of benzene rings is 1. The summed E-state index contributed by atoms with van der Waals surface area (Å²) >= 11 is 0. The quantitative estimate of drug-likeness (QED) is 0.188. The maximum absolute atomic E-state index is 12.1. The maximum atomic E-state index is 12.1. The van der Waals surface area contributed by atoms with E-state index in [4.69, 9.17) is 4.74 Å². The Morgan fingerprint density at radius 2 is 1.25 bits per heavy atom. The van der Waals surface area contributed by atoms with Gasteiger partial charge in [0.15, 0.2) is 0 Å². The Labute approximate surface area is 174 Å². The molecule has 160 valence electrons. The lowest BCUT2D eigenvalue weighted by Crippen LogP contribution is -2.19. The molecule has 0 aliphatic carbocycles. The lowest BCUT2D eigenvalue weighted by Gasteiger charge is -2.16. The first-order chi connectivity index (χ1) is 13.8. The van der Waals surface area contributed by atoms with Gasteiger partial charge in [-0.15, -0.1) is 0 Å². The highest BCUT2D eigenvalue weighted by Crippen LogP contribution is 2.15. The van der Waals surface area contributed by atoms with Gasteiger partial charge >= 0.3 is 5.97 Å². The van der Waals surface area contributed by atoms with Gasteiger partial charge in [0.25, 0.3) is 0 Å². The first-order valence-corrected chi connectivity index (χ1v) is 12.0. The number of carbonyl (C=O) groups excluding carboxylic acids is 1. The van der Waals surface area contributed by atoms with Crippen LogP contribution in [0.25, 0.3) is 0 Å². The fraction of sp³-hybridized carbons (Fsp3) is 0.731. The third-order valence-electron chi connectivity index (χ3n) is 5.57. The molecule has 1 aromatic carbocycles. The second kappa shape index (κ2) is 17.8. The average Bonchev–Trinajstić information content (AvgIpc) is 2.71. The minimum atomic E-state index is -0.0901. The number of unbranched alkanes of at least 4 members (excludes halogenated alkanes) is 12. The summed E-state index contributed by atoms with van der Waals surface area (Å²) in [6.07, 6.45) is 20.2. The summed E-state index contributed by atoms with van der Waals surface area (Å²) in [4.78, 5) is 12.1. The van der Waals surface area contributed by atoms with Crippen molar-refractivity contribution in [2.24, 2.45) is 0 Å². The Hall–Kier alpha value is -1.31. The van der Waals surface area contributed by atoms with Gasteiger partial charge in [-0.3, -0.25) is 4.79 Å². The van der Waals surface area contributed by atoms with Crippen LogP contribution in [0, 0.1) is 0 Å². The van der Waals surface area contributed by atoms with Crippen LogP contribution >= 0.6 is 0 Å². The molecule has 0 amide bonds. The summed E-state index contributed by atoms with van der Waals surface area (Å²) in [6, 6.07) is 9.86. The third kappa shape index (κ3) is 13.8. The molecule has 0 radical (unpaired) electrons. The van der Waals surface area contributed by atoms with Crippen LogP contribution < -0.4 is 0 Å². The summed E-state index contributed by atoms with van der Waals surface area (Å²) < 4.78 is 5.67. The van der Waals surface area contributed by atoms with Crippen LogP contribution in [0.1, 0.15) is 116 Å². The number of carbonyl (C=O) groups is 1. The summed E-state index contributed by atoms with van der Waals surface area (Å²) in [7, 11) is 0. The minimum absolute atomic E-state index is 0.0870. The number of rotatable bonds is 18. The van der Waals surface area contributed by atoms with Crippen molar-refractivity contribution in [2.45, 2.75) is 123 Å². The number of ether oxygens (including phenoxy) is 1. The van der Waals surface area contributed by atoms with Crippen LogP contribution in [0.4, 0.5) is 0 Å². The predicted octanol–water partition coefficient (Wildman–Crippen LogP) is 8.03. The van der Waals surface area contributed by atoms with E-state index in [0.29, 0.717) is 6.42 Å². The number of hydrogen-bond donors (Lipinski definition) is 0. The van der Waals surface area contributed by atoms with Crippen molar-refractivity contribution in [2.75, 3.05) is 0 Å². The van der Waals surface area contributed by atoms with Crippen LogP contribution in [0.15, 0.2) is 30.3 Å². The highest BCUT2D eigenvalue weighted by atomic mass is 16.5. The molecule has 0 fully saturated rings. The van der Waals surface area contributed by atoms with Gasteiger partial charge in [0.2, 0.25) is 0 Å². The van der Waals surface area contributed by atoms with Crippen molar-refractivity contribution in [3.05, 3.63) is 35.9 Å². The third-order valence-corrected chi connectivity index (χ3v) is 5.57. The maximum Gasteiger partial charge on any atom is 0.310 e. The summed E-state index contributed by atoms with van der Waals surface area (Å²) in [5.41, 5.74) is 1.03. The molecule has 0 aliphatic heterocycles. The van der Waals surface area contributed by atoms with Crippen LogP contribution in [0.2, 0.25) is 0 Å². The van der Waals surface area contributed by atoms with Crippen LogP contribution in [-0.4, -0.2) is 12.1 Å². The summed E-state index contributed by atoms with van der Waals surface area (Å²) in [5, 5.41) is 0. The highest BCUT2D eigenvalue weighted by molar-refractivity contribution is 5.72. The molecular formula is C26H44O2. The van der Waals surface area contributed by atoms with E-state index in [1.165, 1.54) is 83.5 Å². The van der Waals surface area contributed by atoms with Crippen molar-refractivity contribution in [1.29, 1.82) is 0 Å². The first-order valence-electron chi connectivity index (χ1n) is 12.0. The molecule has 0 aliphatic rings. The van der Waals surface area contributed by atoms with E-state index in [-0.39, 0.29) is 12.1 Å². The largest absolute Gasteiger partial charge is 0.462 e. The van der Waals surface area contributed by atoms with E-state index >= 15 is 0 Å². The fourth-order valence-electron chi connectivity index (χ4n) is 3.73. The molecule has 28 heavy (non-hydrogen) atoms. The average molecular weight is 389 g/mol. The minimum Gasteiger partial charge on any atom is -0.462 e. The van der Waals surface area contributed by atoms with Crippen LogP contribution in [-0.2, 0) is 16.0 Å². The van der Waals surface area contributed by atoms with Crippen molar-refractivity contribution in [3.8, 4) is 0 Å². The van der Waals surface area contributed by atoms with Crippen LogP contribution in [0.5, 0.6) is 0 Å². The topological polar surface area (TPSA) is 26.3 Å². The van der Waals surface area contributed by atoms with E-state index in [0.717, 1.165) is 18.4 Å². The molecule has 0 saturated carbocycles. The molecule has 1 rings (SSSR count). The van der Waals surface area contributed by atoms with Crippen molar-refractivity contribution >= 4 is 5.97 Å². The van der Waals surface area contributed by atoms with Gasteiger partial charge in [-0.25, -0.2) is 0 Å². The van der Waals surface area contributed by atoms with E-state index in [2.05, 4.69) is 13.8 Å². The monoisotopic (exact) mass is 388 g/mol. The molecule has 0 N–H and O–H groups in total. The van der Waals surface area contributed by atoms with Crippen molar-refractivity contribution in [1.82, 2.24) is 0 Å². The van der Waals surface area contributed by atoms with Gasteiger partial charge in [0, 0.05) is 0 Å². The van der Waals surface area contributed by atoms with Gasteiger partial charge in [0.1, 0.15) is 6.10 Å². The van der Waals surface area contributed by atoms with Gasteiger partial charge in [-0.05, 0) is 24.8 Å². The molecule has 2 heteroatoms. The van der Waals surface area contributed by atoms with Crippen molar-refractivity contribution in [3.63, 3.8) is 0 Å². The zero-order valence-corrected chi connectivity index (χ0v) is 18.6. The molecular weight excluding hydrogens is 344 g/mol. The normalized spacial score (nSPS) is 12.1. The van der Waals surface area contributed by atoms with E-state index in [1.807, 2.05) is 30.3 Å². The van der Waals surface area contributed by atoms with E-state index in [9.17, 15) is 4.79 Å². The predicted molar refractivity (Wildman–Crippen MR) is 121 cm³/mol. The molecule has 0 spiro atoms. The van der Waals surface area contributed by atoms with E-state index in [1.54, 1.807) is 0 Å². The Morgan fingerprint density at radius 1 is 0.750 bits per heavy atom. The first kappa shape index (κ1) is 24.7. The van der Waals surface area contributed by atoms with Gasteiger partial charge in [0.05, 0.1) is 6.42 Å². The van der Waals surface area contributed by atoms with E-state index < -0.39 is 0 Å². The Kier molecular flexibility index (Phi) is 15.7. The van der Waals surface area contributed by atoms with Crippen molar-refractivity contribution < 1.29 is 9.53 Å². The molecule has 0 heterocycles. The number of esters is 1. The highest BCUT2D eigenvalue weighted by Gasteiger charge is 2.12. The smallest absolute Gasteiger partial charge is 0.310 e. The van der Waals surface area contributed by atoms with Gasteiger partial charge < -0.3 is 4.74 Å². The van der Waals surface area contributed by atoms with Gasteiger partial charge in [-0.1, -0.05) is 121 Å². The Balaban J connectivity index is 1.94. The second-order valence-electron chi connectivity index (χ2n) is 8.21. The molecule has 1 aromatic rings. The molecule has 1 atom stereocenters. The Morgan fingerprint density at radius 3 is 1.75 bits per heavy atom. The van der Waals surface area contributed by atoms with Gasteiger partial charge in [-0.2, -0.15) is 0 Å². The lowest BCUT2D eigenvalue weighted by molar-refractivity contribution is -0.148. The molecule has 1 unspecified atom stereocenters. The number of hydrogen-bond acceptors (Lipinski definition) is 2. The molecule has 2 nitrogen and oxygen atoms in total. The Bertz CT molecular complexity index is 469. The molecule has 0 saturated heterocycles. The van der Waals surface area contributed by atoms with Crippen LogP contribution in [0.3, 0.4) is 0 Å². The standard InChI is InChI=1S/C26H44O2/c1-3-5-6-7-8-9-10-11-12-13-14-15-19-22-25(4-2)28-26(27)23-24-20-17-16-18-21-24/h16-18,20-21,25H,3-15,19,22-23H2,1-2H3. The summed E-state index contributed by atoms with van der Waals surface area (Å²) in [6.45, 7) is 4.39. The SMILES string of the molecule is CCCCCCCCCCCCCCCC(CC)OC(=O)Cc1ccccc1. The summed E-state index contributed by atoms with van der Waals surface area (Å²) in [5.74, 6) is -0.0901.